The first-order chi connectivity index (χ1) is 16.6. The molecule has 1 atom stereocenters. The predicted octanol–water partition coefficient (Wildman–Crippen LogP) is 3.48. The van der Waals surface area contributed by atoms with Crippen molar-refractivity contribution in [2.75, 3.05) is 45.8 Å². The summed E-state index contributed by atoms with van der Waals surface area (Å²) in [5, 5.41) is 18.5. The Balaban J connectivity index is 1.31. The third-order valence-electron chi connectivity index (χ3n) is 6.10. The lowest BCUT2D eigenvalue weighted by molar-refractivity contribution is -0.138. The summed E-state index contributed by atoms with van der Waals surface area (Å²) < 4.78 is 0. The molecule has 0 saturated carbocycles. The van der Waals surface area contributed by atoms with Crippen LogP contribution in [-0.2, 0) is 22.6 Å². The molecule has 180 valence electrons. The van der Waals surface area contributed by atoms with E-state index in [9.17, 15) is 4.79 Å². The first-order valence-electron chi connectivity index (χ1n) is 11.5. The van der Waals surface area contributed by atoms with Gasteiger partial charge in [0, 0.05) is 49.5 Å². The molecule has 2 heterocycles. The zero-order chi connectivity index (χ0) is 23.8. The summed E-state index contributed by atoms with van der Waals surface area (Å²) in [6.07, 6.45) is 2.64. The fourth-order valence-corrected chi connectivity index (χ4v) is 4.37. The lowest BCUT2D eigenvalue weighted by atomic mass is 9.96. The largest absolute Gasteiger partial charge is 0.480 e. The van der Waals surface area contributed by atoms with Gasteiger partial charge in [0.05, 0.1) is 19.6 Å². The first kappa shape index (κ1) is 24.3. The molecule has 0 bridgehead atoms. The fraction of sp³-hybridized carbons (Fsp3) is 0.400. The van der Waals surface area contributed by atoms with Crippen LogP contribution in [0.3, 0.4) is 0 Å². The van der Waals surface area contributed by atoms with E-state index in [1.165, 1.54) is 5.56 Å². The van der Waals surface area contributed by atoms with E-state index in [1.54, 1.807) is 0 Å². The summed E-state index contributed by atoms with van der Waals surface area (Å²) in [6, 6.07) is 16.0. The van der Waals surface area contributed by atoms with Gasteiger partial charge in [-0.3, -0.25) is 24.9 Å². The van der Waals surface area contributed by atoms with Crippen LogP contribution in [0.5, 0.6) is 0 Å². The number of hydrogen-bond acceptors (Lipinski definition) is 7. The van der Waals surface area contributed by atoms with Gasteiger partial charge in [-0.25, -0.2) is 0 Å². The molecule has 4 rings (SSSR count). The number of rotatable bonds is 10. The Morgan fingerprint density at radius 1 is 1.06 bits per heavy atom. The minimum atomic E-state index is -0.777. The highest BCUT2D eigenvalue weighted by Crippen LogP contribution is 2.28. The number of nitrogens with zero attached hydrogens (tertiary/aromatic N) is 4. The number of aliphatic carboxylic acids is 1. The fourth-order valence-electron chi connectivity index (χ4n) is 4.25. The molecule has 1 fully saturated rings. The lowest BCUT2D eigenvalue weighted by Gasteiger charge is -2.35. The highest BCUT2D eigenvalue weighted by atomic mass is 35.5. The van der Waals surface area contributed by atoms with Gasteiger partial charge in [-0.15, -0.1) is 0 Å². The zero-order valence-electron chi connectivity index (χ0n) is 19.1. The van der Waals surface area contributed by atoms with Crippen molar-refractivity contribution in [3.8, 4) is 0 Å². The van der Waals surface area contributed by atoms with Crippen molar-refractivity contribution < 1.29 is 14.7 Å². The molecule has 0 amide bonds. The van der Waals surface area contributed by atoms with Gasteiger partial charge in [0.25, 0.3) is 0 Å². The lowest BCUT2D eigenvalue weighted by Crippen LogP contribution is -2.50. The van der Waals surface area contributed by atoms with E-state index in [-0.39, 0.29) is 12.6 Å². The van der Waals surface area contributed by atoms with Crippen LogP contribution < -0.4 is 5.48 Å². The van der Waals surface area contributed by atoms with E-state index in [0.717, 1.165) is 60.9 Å². The second kappa shape index (κ2) is 12.1. The Hall–Kier alpha value is -2.78. The Labute approximate surface area is 204 Å². The third kappa shape index (κ3) is 6.87. The van der Waals surface area contributed by atoms with Gasteiger partial charge < -0.3 is 5.11 Å². The minimum Gasteiger partial charge on any atom is -0.480 e. The van der Waals surface area contributed by atoms with E-state index >= 15 is 0 Å². The monoisotopic (exact) mass is 483 g/mol. The first-order valence-corrected chi connectivity index (χ1v) is 11.9. The molecule has 2 aliphatic heterocycles. The maximum absolute atomic E-state index is 10.9. The summed E-state index contributed by atoms with van der Waals surface area (Å²) in [5.41, 5.74) is 7.43. The van der Waals surface area contributed by atoms with Crippen LogP contribution in [0, 0.1) is 0 Å². The summed E-state index contributed by atoms with van der Waals surface area (Å²) in [4.78, 5) is 21.0. The molecule has 1 unspecified atom stereocenters. The smallest absolute Gasteiger partial charge is 0.317 e. The number of carbonyl (C=O) groups is 1. The predicted molar refractivity (Wildman–Crippen MR) is 132 cm³/mol. The van der Waals surface area contributed by atoms with Gasteiger partial charge in [0.2, 0.25) is 0 Å². The van der Waals surface area contributed by atoms with Crippen molar-refractivity contribution >= 4 is 23.1 Å². The molecule has 0 radical (unpaired) electrons. The third-order valence-corrected chi connectivity index (χ3v) is 6.35. The molecule has 34 heavy (non-hydrogen) atoms. The summed E-state index contributed by atoms with van der Waals surface area (Å²) in [5.74, 6) is -0.777. The number of carboxylic acids is 1. The molecule has 2 N–H and O–H groups in total. The molecule has 8 nitrogen and oxygen atoms in total. The Morgan fingerprint density at radius 3 is 2.56 bits per heavy atom. The summed E-state index contributed by atoms with van der Waals surface area (Å²) in [6.45, 7) is 5.13. The highest BCUT2D eigenvalue weighted by Gasteiger charge is 2.28. The summed E-state index contributed by atoms with van der Waals surface area (Å²) >= 11 is 5.93. The number of nitrogens with one attached hydrogen (secondary N) is 1. The standard InChI is InChI=1S/C25H30ClN5O3/c26-21-7-5-19(6-8-21)9-10-27-28-15-20-3-1-2-4-22(20)23-16-29-34-24(23)17-30-11-13-31(14-12-30)18-25(32)33/h1-8,16,24,29H,9-15,17-18H2,(H,32,33). The van der Waals surface area contributed by atoms with Crippen molar-refractivity contribution in [3.63, 3.8) is 0 Å². The van der Waals surface area contributed by atoms with Crippen molar-refractivity contribution in [2.24, 2.45) is 10.2 Å². The van der Waals surface area contributed by atoms with Crippen molar-refractivity contribution in [1.82, 2.24) is 15.3 Å². The van der Waals surface area contributed by atoms with E-state index in [1.807, 2.05) is 47.5 Å². The van der Waals surface area contributed by atoms with Crippen LogP contribution in [0.15, 0.2) is 65.0 Å². The van der Waals surface area contributed by atoms with Crippen molar-refractivity contribution in [2.45, 2.75) is 19.1 Å². The number of carboxylic acid groups (broad SMARTS) is 1. The molecule has 2 aromatic rings. The van der Waals surface area contributed by atoms with Crippen LogP contribution in [0.4, 0.5) is 0 Å². The van der Waals surface area contributed by atoms with E-state index in [0.29, 0.717) is 13.1 Å². The number of hydroxylamine groups is 1. The number of benzene rings is 2. The normalized spacial score (nSPS) is 19.3. The van der Waals surface area contributed by atoms with Gasteiger partial charge in [0.15, 0.2) is 0 Å². The van der Waals surface area contributed by atoms with E-state index in [4.69, 9.17) is 21.5 Å². The molecule has 0 aromatic heterocycles. The van der Waals surface area contributed by atoms with Crippen LogP contribution in [0.1, 0.15) is 16.7 Å². The molecule has 2 aliphatic rings. The molecule has 0 aliphatic carbocycles. The molecule has 0 spiro atoms. The molecule has 9 heteroatoms. The second-order valence-electron chi connectivity index (χ2n) is 8.49. The Bertz CT molecular complexity index is 1020. The number of azo groups is 1. The quantitative estimate of drug-likeness (QED) is 0.503. The number of halogens is 1. The van der Waals surface area contributed by atoms with E-state index < -0.39 is 5.97 Å². The number of hydrogen-bond donors (Lipinski definition) is 2. The van der Waals surface area contributed by atoms with Gasteiger partial charge in [-0.1, -0.05) is 48.0 Å². The molecular weight excluding hydrogens is 454 g/mol. The average Bonchev–Trinajstić information content (AvgIpc) is 3.29. The average molecular weight is 484 g/mol. The Kier molecular flexibility index (Phi) is 8.65. The molecular formula is C25H30ClN5O3. The van der Waals surface area contributed by atoms with Crippen molar-refractivity contribution in [3.05, 3.63) is 76.4 Å². The second-order valence-corrected chi connectivity index (χ2v) is 8.93. The van der Waals surface area contributed by atoms with Gasteiger partial charge in [-0.2, -0.15) is 10.2 Å². The maximum Gasteiger partial charge on any atom is 0.317 e. The van der Waals surface area contributed by atoms with Gasteiger partial charge in [-0.05, 0) is 35.2 Å². The summed E-state index contributed by atoms with van der Waals surface area (Å²) in [7, 11) is 0. The molecule has 1 saturated heterocycles. The van der Waals surface area contributed by atoms with Crippen LogP contribution in [-0.4, -0.2) is 72.8 Å². The maximum atomic E-state index is 10.9. The zero-order valence-corrected chi connectivity index (χ0v) is 19.8. The van der Waals surface area contributed by atoms with Gasteiger partial charge >= 0.3 is 5.97 Å². The molecule has 2 aromatic carbocycles. The van der Waals surface area contributed by atoms with Crippen LogP contribution in [0.25, 0.3) is 5.57 Å². The van der Waals surface area contributed by atoms with Crippen LogP contribution >= 0.6 is 11.6 Å². The van der Waals surface area contributed by atoms with Crippen molar-refractivity contribution in [1.29, 1.82) is 0 Å². The highest BCUT2D eigenvalue weighted by molar-refractivity contribution is 6.30. The number of piperazine rings is 1. The minimum absolute atomic E-state index is 0.0993. The van der Waals surface area contributed by atoms with Gasteiger partial charge in [0.1, 0.15) is 6.10 Å². The topological polar surface area (TPSA) is 89.8 Å². The Morgan fingerprint density at radius 2 is 1.79 bits per heavy atom. The SMILES string of the molecule is O=C(O)CN1CCN(CC2ONC=C2c2ccccc2CN=NCCc2ccc(Cl)cc2)CC1. The van der Waals surface area contributed by atoms with Crippen LogP contribution in [0.2, 0.25) is 5.02 Å². The van der Waals surface area contributed by atoms with E-state index in [2.05, 4.69) is 32.7 Å².